The molecule has 0 saturated carbocycles. The zero-order chi connectivity index (χ0) is 17.0. The van der Waals surface area contributed by atoms with E-state index in [9.17, 15) is 22.9 Å². The number of hydrogen-bond acceptors (Lipinski definition) is 5. The second-order valence-corrected chi connectivity index (χ2v) is 6.35. The Kier molecular flexibility index (Phi) is 4.95. The molecule has 0 radical (unpaired) electrons. The molecule has 0 aliphatic rings. The zero-order valence-electron chi connectivity index (χ0n) is 12.2. The lowest BCUT2D eigenvalue weighted by Crippen LogP contribution is -2.11. The van der Waals surface area contributed by atoms with E-state index in [1.807, 2.05) is 6.92 Å². The predicted molar refractivity (Wildman–Crippen MR) is 81.3 cm³/mol. The molecule has 0 amide bonds. The number of rotatable bonds is 6. The quantitative estimate of drug-likeness (QED) is 0.457. The fourth-order valence-corrected chi connectivity index (χ4v) is 2.92. The van der Waals surface area contributed by atoms with Gasteiger partial charge in [-0.15, -0.1) is 0 Å². The van der Waals surface area contributed by atoms with Crippen LogP contribution in [-0.2, 0) is 16.5 Å². The standard InChI is InChI=1S/C15H14FNO5S/c1-2-3-11-4-7-13(8-5-11)23(20,21)22-15-10-12(16)6-9-14(15)17(18)19/h4-10H,2-3H2,1H3. The molecule has 2 aromatic carbocycles. The van der Waals surface area contributed by atoms with Gasteiger partial charge in [0, 0.05) is 12.1 Å². The highest BCUT2D eigenvalue weighted by Crippen LogP contribution is 2.30. The highest BCUT2D eigenvalue weighted by molar-refractivity contribution is 7.87. The van der Waals surface area contributed by atoms with Gasteiger partial charge >= 0.3 is 15.8 Å². The molecule has 0 bridgehead atoms. The first-order chi connectivity index (χ1) is 10.8. The Balaban J connectivity index is 2.34. The van der Waals surface area contributed by atoms with Crippen molar-refractivity contribution in [3.05, 3.63) is 64.0 Å². The Bertz CT molecular complexity index is 818. The van der Waals surface area contributed by atoms with Crippen molar-refractivity contribution in [2.24, 2.45) is 0 Å². The van der Waals surface area contributed by atoms with Crippen molar-refractivity contribution in [2.75, 3.05) is 0 Å². The number of nitrogens with zero attached hydrogens (tertiary/aromatic N) is 1. The number of halogens is 1. The fraction of sp³-hybridized carbons (Fsp3) is 0.200. The lowest BCUT2D eigenvalue weighted by Gasteiger charge is -2.08. The van der Waals surface area contributed by atoms with Crippen LogP contribution in [0.1, 0.15) is 18.9 Å². The summed E-state index contributed by atoms with van der Waals surface area (Å²) in [5, 5.41) is 10.9. The minimum atomic E-state index is -4.29. The minimum Gasteiger partial charge on any atom is -0.371 e. The number of hydrogen-bond donors (Lipinski definition) is 0. The van der Waals surface area contributed by atoms with Crippen molar-refractivity contribution in [1.29, 1.82) is 0 Å². The van der Waals surface area contributed by atoms with Crippen LogP contribution < -0.4 is 4.18 Å². The summed E-state index contributed by atoms with van der Waals surface area (Å²) in [5.41, 5.74) is 0.334. The van der Waals surface area contributed by atoms with Gasteiger partial charge in [-0.3, -0.25) is 10.1 Å². The summed E-state index contributed by atoms with van der Waals surface area (Å²) >= 11 is 0. The van der Waals surface area contributed by atoms with Crippen LogP contribution in [0.2, 0.25) is 0 Å². The molecule has 6 nitrogen and oxygen atoms in total. The first-order valence-corrected chi connectivity index (χ1v) is 8.21. The number of aryl methyl sites for hydroxylation is 1. The van der Waals surface area contributed by atoms with Gasteiger partial charge in [0.15, 0.2) is 0 Å². The molecule has 122 valence electrons. The van der Waals surface area contributed by atoms with E-state index in [1.54, 1.807) is 12.1 Å². The fourth-order valence-electron chi connectivity index (χ4n) is 1.98. The van der Waals surface area contributed by atoms with Gasteiger partial charge < -0.3 is 4.18 Å². The van der Waals surface area contributed by atoms with E-state index in [1.165, 1.54) is 12.1 Å². The molecule has 0 fully saturated rings. The normalized spacial score (nSPS) is 11.2. The van der Waals surface area contributed by atoms with E-state index in [2.05, 4.69) is 0 Å². The second kappa shape index (κ2) is 6.74. The molecule has 0 atom stereocenters. The molecule has 0 aliphatic heterocycles. The van der Waals surface area contributed by atoms with Crippen LogP contribution in [0.4, 0.5) is 10.1 Å². The van der Waals surface area contributed by atoms with Crippen LogP contribution in [-0.4, -0.2) is 13.3 Å². The molecular formula is C15H14FNO5S. The smallest absolute Gasteiger partial charge is 0.339 e. The molecule has 0 N–H and O–H groups in total. The summed E-state index contributed by atoms with van der Waals surface area (Å²) in [4.78, 5) is 9.89. The van der Waals surface area contributed by atoms with Crippen molar-refractivity contribution < 1.29 is 21.9 Å². The van der Waals surface area contributed by atoms with Gasteiger partial charge in [0.1, 0.15) is 10.7 Å². The number of nitro groups is 1. The number of nitro benzene ring substituents is 1. The average Bonchev–Trinajstić information content (AvgIpc) is 2.47. The zero-order valence-corrected chi connectivity index (χ0v) is 13.0. The molecule has 23 heavy (non-hydrogen) atoms. The summed E-state index contributed by atoms with van der Waals surface area (Å²) in [5.74, 6) is -1.49. The Hall–Kier alpha value is -2.48. The summed E-state index contributed by atoms with van der Waals surface area (Å²) < 4.78 is 42.4. The first kappa shape index (κ1) is 16.9. The number of benzene rings is 2. The van der Waals surface area contributed by atoms with Gasteiger partial charge in [-0.2, -0.15) is 8.42 Å². The van der Waals surface area contributed by atoms with Crippen LogP contribution in [0.15, 0.2) is 47.4 Å². The van der Waals surface area contributed by atoms with Crippen molar-refractivity contribution >= 4 is 15.8 Å². The third-order valence-corrected chi connectivity index (χ3v) is 4.32. The maximum atomic E-state index is 13.2. The molecule has 8 heteroatoms. The highest BCUT2D eigenvalue weighted by atomic mass is 32.2. The Labute approximate surface area is 132 Å². The molecule has 0 heterocycles. The van der Waals surface area contributed by atoms with Gasteiger partial charge in [0.2, 0.25) is 5.75 Å². The Morgan fingerprint density at radius 1 is 1.17 bits per heavy atom. The molecule has 0 saturated heterocycles. The van der Waals surface area contributed by atoms with Gasteiger partial charge in [-0.25, -0.2) is 4.39 Å². The van der Waals surface area contributed by atoms with Gasteiger partial charge in [0.05, 0.1) is 4.92 Å². The predicted octanol–water partition coefficient (Wildman–Crippen LogP) is 3.45. The monoisotopic (exact) mass is 339 g/mol. The van der Waals surface area contributed by atoms with Gasteiger partial charge in [-0.1, -0.05) is 25.5 Å². The lowest BCUT2D eigenvalue weighted by molar-refractivity contribution is -0.385. The van der Waals surface area contributed by atoms with Crippen LogP contribution >= 0.6 is 0 Å². The average molecular weight is 339 g/mol. The van der Waals surface area contributed by atoms with E-state index in [0.29, 0.717) is 6.07 Å². The Morgan fingerprint density at radius 3 is 2.39 bits per heavy atom. The maximum Gasteiger partial charge on any atom is 0.339 e. The van der Waals surface area contributed by atoms with E-state index in [4.69, 9.17) is 4.18 Å². The van der Waals surface area contributed by atoms with E-state index in [-0.39, 0.29) is 4.90 Å². The Morgan fingerprint density at radius 2 is 1.83 bits per heavy atom. The van der Waals surface area contributed by atoms with Gasteiger partial charge in [-0.05, 0) is 30.2 Å². The van der Waals surface area contributed by atoms with E-state index in [0.717, 1.165) is 30.5 Å². The highest BCUT2D eigenvalue weighted by Gasteiger charge is 2.23. The molecular weight excluding hydrogens is 325 g/mol. The largest absolute Gasteiger partial charge is 0.371 e. The first-order valence-electron chi connectivity index (χ1n) is 6.81. The van der Waals surface area contributed by atoms with Crippen LogP contribution in [0.3, 0.4) is 0 Å². The van der Waals surface area contributed by atoms with Crippen LogP contribution in [0, 0.1) is 15.9 Å². The van der Waals surface area contributed by atoms with Crippen molar-refractivity contribution in [1.82, 2.24) is 0 Å². The second-order valence-electron chi connectivity index (χ2n) is 4.80. The van der Waals surface area contributed by atoms with E-state index < -0.39 is 32.3 Å². The van der Waals surface area contributed by atoms with Crippen molar-refractivity contribution in [2.45, 2.75) is 24.7 Å². The van der Waals surface area contributed by atoms with Crippen molar-refractivity contribution in [3.63, 3.8) is 0 Å². The molecule has 0 unspecified atom stereocenters. The van der Waals surface area contributed by atoms with Gasteiger partial charge in [0.25, 0.3) is 0 Å². The summed E-state index contributed by atoms with van der Waals surface area (Å²) in [6.45, 7) is 2.00. The third kappa shape index (κ3) is 4.04. The summed E-state index contributed by atoms with van der Waals surface area (Å²) in [7, 11) is -4.29. The SMILES string of the molecule is CCCc1ccc(S(=O)(=O)Oc2cc(F)ccc2[N+](=O)[O-])cc1. The van der Waals surface area contributed by atoms with E-state index >= 15 is 0 Å². The molecule has 0 spiro atoms. The minimum absolute atomic E-state index is 0.157. The summed E-state index contributed by atoms with van der Waals surface area (Å²) in [6, 6.07) is 8.36. The van der Waals surface area contributed by atoms with Crippen molar-refractivity contribution in [3.8, 4) is 5.75 Å². The molecule has 2 rings (SSSR count). The molecule has 0 aliphatic carbocycles. The van der Waals surface area contributed by atoms with Crippen LogP contribution in [0.25, 0.3) is 0 Å². The lowest BCUT2D eigenvalue weighted by atomic mass is 10.1. The molecule has 2 aromatic rings. The third-order valence-electron chi connectivity index (χ3n) is 3.07. The maximum absolute atomic E-state index is 13.2. The summed E-state index contributed by atoms with van der Waals surface area (Å²) in [6.07, 6.45) is 1.72. The van der Waals surface area contributed by atoms with Crippen LogP contribution in [0.5, 0.6) is 5.75 Å². The molecule has 0 aromatic heterocycles. The topological polar surface area (TPSA) is 86.5 Å².